The van der Waals surface area contributed by atoms with Crippen LogP contribution in [0, 0.1) is 10.1 Å². The Bertz CT molecular complexity index is 1230. The highest BCUT2D eigenvalue weighted by Crippen LogP contribution is 2.35. The van der Waals surface area contributed by atoms with Crippen LogP contribution in [0.15, 0.2) is 66.9 Å². The van der Waals surface area contributed by atoms with Crippen molar-refractivity contribution in [1.82, 2.24) is 9.97 Å². The Morgan fingerprint density at radius 2 is 1.94 bits per heavy atom. The van der Waals surface area contributed by atoms with Gasteiger partial charge in [0.2, 0.25) is 0 Å². The van der Waals surface area contributed by atoms with Gasteiger partial charge in [-0.3, -0.25) is 24.8 Å². The molecule has 9 heteroatoms. The molecule has 0 spiro atoms. The molecule has 2 heterocycles. The van der Waals surface area contributed by atoms with Crippen LogP contribution >= 0.6 is 11.3 Å². The first-order valence-electron chi connectivity index (χ1n) is 9.55. The summed E-state index contributed by atoms with van der Waals surface area (Å²) in [5.41, 5.74) is 1.63. The van der Waals surface area contributed by atoms with Crippen LogP contribution in [0.5, 0.6) is 5.75 Å². The van der Waals surface area contributed by atoms with Crippen molar-refractivity contribution in [1.29, 1.82) is 0 Å². The number of fused-ring (bicyclic) bond motifs is 1. The summed E-state index contributed by atoms with van der Waals surface area (Å²) < 4.78 is 6.57. The summed E-state index contributed by atoms with van der Waals surface area (Å²) in [7, 11) is 0. The predicted molar refractivity (Wildman–Crippen MR) is 119 cm³/mol. The molecular weight excluding hydrogens is 416 g/mol. The number of non-ortho nitro benzene ring substituents is 1. The maximum atomic E-state index is 13.4. The second-order valence-electron chi connectivity index (χ2n) is 6.55. The zero-order valence-corrected chi connectivity index (χ0v) is 17.4. The molecule has 0 aliphatic heterocycles. The van der Waals surface area contributed by atoms with Gasteiger partial charge in [-0.25, -0.2) is 4.98 Å². The van der Waals surface area contributed by atoms with Gasteiger partial charge in [0.25, 0.3) is 11.6 Å². The third-order valence-corrected chi connectivity index (χ3v) is 5.56. The number of amides is 1. The van der Waals surface area contributed by atoms with E-state index in [1.165, 1.54) is 40.5 Å². The molecule has 0 bridgehead atoms. The van der Waals surface area contributed by atoms with E-state index in [1.54, 1.807) is 12.3 Å². The van der Waals surface area contributed by atoms with E-state index in [9.17, 15) is 14.9 Å². The first-order chi connectivity index (χ1) is 15.1. The fourth-order valence-corrected chi connectivity index (χ4v) is 4.04. The quantitative estimate of drug-likeness (QED) is 0.305. The molecule has 8 nitrogen and oxygen atoms in total. The Balaban J connectivity index is 1.75. The number of anilines is 1. The number of hydrogen-bond donors (Lipinski definition) is 0. The van der Waals surface area contributed by atoms with Gasteiger partial charge in [0.05, 0.1) is 28.5 Å². The molecule has 156 valence electrons. The minimum atomic E-state index is -0.497. The van der Waals surface area contributed by atoms with Gasteiger partial charge >= 0.3 is 0 Å². The molecule has 4 rings (SSSR count). The van der Waals surface area contributed by atoms with Crippen LogP contribution in [0.4, 0.5) is 10.8 Å². The number of hydrogen-bond acceptors (Lipinski definition) is 7. The summed E-state index contributed by atoms with van der Waals surface area (Å²) in [6.45, 7) is 2.61. The van der Waals surface area contributed by atoms with Crippen molar-refractivity contribution >= 4 is 38.3 Å². The van der Waals surface area contributed by atoms with Crippen molar-refractivity contribution in [2.24, 2.45) is 0 Å². The lowest BCUT2D eigenvalue weighted by molar-refractivity contribution is -0.384. The number of carbonyl (C=O) groups excluding carboxylic acids is 1. The van der Waals surface area contributed by atoms with E-state index >= 15 is 0 Å². The van der Waals surface area contributed by atoms with Crippen LogP contribution in [0.1, 0.15) is 23.0 Å². The number of ether oxygens (including phenoxy) is 1. The molecule has 0 atom stereocenters. The summed E-state index contributed by atoms with van der Waals surface area (Å²) in [4.78, 5) is 34.4. The Kier molecular flexibility index (Phi) is 5.85. The number of para-hydroxylation sites is 1. The number of rotatable bonds is 7. The lowest BCUT2D eigenvalue weighted by Gasteiger charge is -2.19. The van der Waals surface area contributed by atoms with E-state index in [0.29, 0.717) is 34.3 Å². The molecule has 0 N–H and O–H groups in total. The number of nitro groups is 1. The number of aromatic nitrogens is 2. The number of nitro benzene ring substituents is 1. The van der Waals surface area contributed by atoms with Gasteiger partial charge in [-0.15, -0.1) is 0 Å². The van der Waals surface area contributed by atoms with Crippen LogP contribution in [0.2, 0.25) is 0 Å². The third-order valence-electron chi connectivity index (χ3n) is 4.52. The molecule has 0 aliphatic carbocycles. The maximum absolute atomic E-state index is 13.4. The fourth-order valence-electron chi connectivity index (χ4n) is 3.06. The first kappa shape index (κ1) is 20.4. The second kappa shape index (κ2) is 8.88. The van der Waals surface area contributed by atoms with E-state index in [1.807, 2.05) is 37.3 Å². The van der Waals surface area contributed by atoms with Gasteiger partial charge in [-0.2, -0.15) is 0 Å². The van der Waals surface area contributed by atoms with Gasteiger partial charge in [-0.1, -0.05) is 23.5 Å². The van der Waals surface area contributed by atoms with Gasteiger partial charge in [0.15, 0.2) is 5.13 Å². The summed E-state index contributed by atoms with van der Waals surface area (Å²) in [5.74, 6) is 0.334. The molecule has 2 aromatic carbocycles. The van der Waals surface area contributed by atoms with Crippen LogP contribution in [0.25, 0.3) is 10.2 Å². The number of benzene rings is 2. The van der Waals surface area contributed by atoms with Crippen LogP contribution in [-0.2, 0) is 6.54 Å². The monoisotopic (exact) mass is 434 g/mol. The van der Waals surface area contributed by atoms with Crippen molar-refractivity contribution in [2.45, 2.75) is 13.5 Å². The van der Waals surface area contributed by atoms with E-state index in [-0.39, 0.29) is 18.1 Å². The summed E-state index contributed by atoms with van der Waals surface area (Å²) in [6.07, 6.45) is 1.66. The number of carbonyl (C=O) groups is 1. The van der Waals surface area contributed by atoms with Gasteiger partial charge in [0.1, 0.15) is 11.3 Å². The van der Waals surface area contributed by atoms with Gasteiger partial charge in [-0.05, 0) is 43.3 Å². The molecule has 0 radical (unpaired) electrons. The van der Waals surface area contributed by atoms with Crippen LogP contribution in [0.3, 0.4) is 0 Å². The van der Waals surface area contributed by atoms with Gasteiger partial charge in [0, 0.05) is 23.9 Å². The SMILES string of the molecule is CCOc1cccc2sc(N(Cc3ccccn3)C(=O)c3ccc([N+](=O)[O-])cc3)nc12. The molecule has 0 fully saturated rings. The van der Waals surface area contributed by atoms with Crippen molar-refractivity contribution in [3.63, 3.8) is 0 Å². The largest absolute Gasteiger partial charge is 0.492 e. The molecule has 31 heavy (non-hydrogen) atoms. The van der Waals surface area contributed by atoms with Crippen molar-refractivity contribution in [2.75, 3.05) is 11.5 Å². The topological polar surface area (TPSA) is 98.5 Å². The standard InChI is InChI=1S/C22H18N4O4S/c1-2-30-18-7-5-8-19-20(18)24-22(31-19)25(14-16-6-3-4-13-23-16)21(27)15-9-11-17(12-10-15)26(28)29/h3-13H,2,14H2,1H3. The van der Waals surface area contributed by atoms with Gasteiger partial charge < -0.3 is 4.74 Å². The average Bonchev–Trinajstić information content (AvgIpc) is 3.23. The summed E-state index contributed by atoms with van der Waals surface area (Å²) in [5, 5.41) is 11.4. The molecule has 2 aromatic heterocycles. The summed E-state index contributed by atoms with van der Waals surface area (Å²) in [6, 6.07) is 16.7. The zero-order valence-electron chi connectivity index (χ0n) is 16.6. The first-order valence-corrected chi connectivity index (χ1v) is 10.4. The van der Waals surface area contributed by atoms with E-state index in [2.05, 4.69) is 9.97 Å². The zero-order chi connectivity index (χ0) is 21.8. The van der Waals surface area contributed by atoms with Crippen molar-refractivity contribution in [3.8, 4) is 5.75 Å². The Hall–Kier alpha value is -3.85. The lowest BCUT2D eigenvalue weighted by Crippen LogP contribution is -2.30. The Morgan fingerprint density at radius 3 is 2.61 bits per heavy atom. The number of nitrogens with zero attached hydrogens (tertiary/aromatic N) is 4. The molecule has 0 saturated carbocycles. The molecule has 0 aliphatic rings. The van der Waals surface area contributed by atoms with Crippen LogP contribution in [-0.4, -0.2) is 27.4 Å². The minimum Gasteiger partial charge on any atom is -0.492 e. The lowest BCUT2D eigenvalue weighted by atomic mass is 10.2. The molecule has 1 amide bonds. The molecular formula is C22H18N4O4S. The molecule has 0 saturated heterocycles. The highest BCUT2D eigenvalue weighted by molar-refractivity contribution is 7.22. The minimum absolute atomic E-state index is 0.0748. The number of pyridine rings is 1. The molecule has 0 unspecified atom stereocenters. The fraction of sp³-hybridized carbons (Fsp3) is 0.136. The van der Waals surface area contributed by atoms with E-state index in [0.717, 1.165) is 4.70 Å². The Labute approximate surface area is 181 Å². The summed E-state index contributed by atoms with van der Waals surface area (Å²) >= 11 is 1.37. The van der Waals surface area contributed by atoms with E-state index in [4.69, 9.17) is 4.74 Å². The Morgan fingerprint density at radius 1 is 1.13 bits per heavy atom. The third kappa shape index (κ3) is 4.36. The van der Waals surface area contributed by atoms with Crippen molar-refractivity contribution < 1.29 is 14.5 Å². The number of thiazole rings is 1. The van der Waals surface area contributed by atoms with Crippen LogP contribution < -0.4 is 9.64 Å². The average molecular weight is 434 g/mol. The normalized spacial score (nSPS) is 10.7. The highest BCUT2D eigenvalue weighted by Gasteiger charge is 2.23. The predicted octanol–water partition coefficient (Wildman–Crippen LogP) is 4.85. The van der Waals surface area contributed by atoms with E-state index < -0.39 is 4.92 Å². The smallest absolute Gasteiger partial charge is 0.269 e. The second-order valence-corrected chi connectivity index (χ2v) is 7.56. The maximum Gasteiger partial charge on any atom is 0.269 e. The molecule has 4 aromatic rings. The highest BCUT2D eigenvalue weighted by atomic mass is 32.1. The van der Waals surface area contributed by atoms with Crippen molar-refractivity contribution in [3.05, 3.63) is 88.2 Å².